The number of nitrogens with zero attached hydrogens (tertiary/aromatic N) is 4. The fourth-order valence-corrected chi connectivity index (χ4v) is 4.18. The molecule has 0 aliphatic carbocycles. The van der Waals surface area contributed by atoms with Crippen LogP contribution < -0.4 is 15.0 Å². The number of anilines is 1. The Hall–Kier alpha value is -2.05. The third kappa shape index (κ3) is 6.71. The highest BCUT2D eigenvalue weighted by Gasteiger charge is 2.20. The molecular formula is C25H41N5O. The summed E-state index contributed by atoms with van der Waals surface area (Å²) in [5, 5.41) is 8.54. The molecule has 172 valence electrons. The minimum absolute atomic E-state index is 0.00400. The normalized spacial score (nSPS) is 15.6. The molecule has 0 bridgehead atoms. The zero-order valence-corrected chi connectivity index (χ0v) is 20.3. The summed E-state index contributed by atoms with van der Waals surface area (Å²) in [5.74, 6) is 1.54. The Morgan fingerprint density at radius 2 is 1.74 bits per heavy atom. The summed E-state index contributed by atoms with van der Waals surface area (Å²) in [7, 11) is 1.71. The lowest BCUT2D eigenvalue weighted by Crippen LogP contribution is -2.48. The number of hydrogen-bond donors (Lipinski definition) is 1. The summed E-state index contributed by atoms with van der Waals surface area (Å²) in [6, 6.07) is 10.7. The van der Waals surface area contributed by atoms with Crippen LogP contribution in [0, 0.1) is 5.92 Å². The van der Waals surface area contributed by atoms with Gasteiger partial charge < -0.3 is 15.0 Å². The number of rotatable bonds is 9. The highest BCUT2D eigenvalue weighted by atomic mass is 16.5. The van der Waals surface area contributed by atoms with E-state index in [-0.39, 0.29) is 5.54 Å². The average Bonchev–Trinajstić information content (AvgIpc) is 3.14. The van der Waals surface area contributed by atoms with E-state index in [1.807, 2.05) is 12.1 Å². The number of methoxy groups -OCH3 is 1. The second-order valence-corrected chi connectivity index (χ2v) is 10.0. The molecule has 1 aromatic heterocycles. The van der Waals surface area contributed by atoms with E-state index in [0.717, 1.165) is 58.0 Å². The Balaban J connectivity index is 1.43. The molecule has 0 unspecified atom stereocenters. The monoisotopic (exact) mass is 427 g/mol. The average molecular weight is 428 g/mol. The van der Waals surface area contributed by atoms with Crippen LogP contribution in [0.5, 0.6) is 5.75 Å². The van der Waals surface area contributed by atoms with Crippen LogP contribution in [0.4, 0.5) is 5.69 Å². The first kappa shape index (κ1) is 23.6. The van der Waals surface area contributed by atoms with Gasteiger partial charge in [0.1, 0.15) is 5.75 Å². The highest BCUT2D eigenvalue weighted by Crippen LogP contribution is 2.21. The molecule has 1 N–H and O–H groups in total. The van der Waals surface area contributed by atoms with Crippen LogP contribution >= 0.6 is 0 Å². The Kier molecular flexibility index (Phi) is 8.00. The van der Waals surface area contributed by atoms with Crippen LogP contribution in [0.1, 0.15) is 46.0 Å². The summed E-state index contributed by atoms with van der Waals surface area (Å²) < 4.78 is 7.46. The van der Waals surface area contributed by atoms with Crippen LogP contribution in [0.3, 0.4) is 0 Å². The Labute approximate surface area is 188 Å². The molecule has 3 rings (SSSR count). The molecule has 0 spiro atoms. The lowest BCUT2D eigenvalue weighted by Gasteiger charge is -2.36. The molecule has 1 aromatic carbocycles. The minimum atomic E-state index is 0.00400. The summed E-state index contributed by atoms with van der Waals surface area (Å²) in [6.07, 6.45) is 1.04. The minimum Gasteiger partial charge on any atom is -0.497 e. The van der Waals surface area contributed by atoms with Gasteiger partial charge in [-0.1, -0.05) is 13.8 Å². The molecule has 1 fully saturated rings. The lowest BCUT2D eigenvalue weighted by atomic mass is 10.1. The van der Waals surface area contributed by atoms with Gasteiger partial charge in [0, 0.05) is 51.5 Å². The standard InChI is InChI=1S/C25H41N5O/c1-20(2)17-21-18-23(30(27-21)25(3,4)5)19-26-11-12-28-13-15-29(16-14-28)22-7-9-24(31-6)10-8-22/h7-10,18,20,26H,11-17,19H2,1-6H3. The summed E-state index contributed by atoms with van der Waals surface area (Å²) in [5.41, 5.74) is 3.78. The molecule has 0 amide bonds. The molecule has 0 radical (unpaired) electrons. The fourth-order valence-electron chi connectivity index (χ4n) is 4.18. The van der Waals surface area contributed by atoms with Crippen molar-refractivity contribution >= 4 is 5.69 Å². The first-order valence-electron chi connectivity index (χ1n) is 11.7. The third-order valence-corrected chi connectivity index (χ3v) is 5.81. The van der Waals surface area contributed by atoms with Crippen molar-refractivity contribution in [3.8, 4) is 5.75 Å². The van der Waals surface area contributed by atoms with Crippen LogP contribution in [-0.2, 0) is 18.5 Å². The van der Waals surface area contributed by atoms with Crippen molar-refractivity contribution in [1.82, 2.24) is 20.0 Å². The van der Waals surface area contributed by atoms with E-state index in [0.29, 0.717) is 5.92 Å². The van der Waals surface area contributed by atoms with Gasteiger partial charge in [0.05, 0.1) is 24.0 Å². The van der Waals surface area contributed by atoms with Gasteiger partial charge in [-0.05, 0) is 63.4 Å². The van der Waals surface area contributed by atoms with E-state index < -0.39 is 0 Å². The zero-order chi connectivity index (χ0) is 22.4. The van der Waals surface area contributed by atoms with Crippen molar-refractivity contribution in [2.45, 2.75) is 53.1 Å². The van der Waals surface area contributed by atoms with E-state index in [4.69, 9.17) is 9.84 Å². The van der Waals surface area contributed by atoms with Crippen molar-refractivity contribution in [3.05, 3.63) is 41.7 Å². The van der Waals surface area contributed by atoms with Crippen molar-refractivity contribution in [2.24, 2.45) is 5.92 Å². The number of piperazine rings is 1. The van der Waals surface area contributed by atoms with Crippen molar-refractivity contribution in [3.63, 3.8) is 0 Å². The molecule has 2 aromatic rings. The van der Waals surface area contributed by atoms with Gasteiger partial charge in [0.2, 0.25) is 0 Å². The van der Waals surface area contributed by atoms with Crippen LogP contribution in [0.2, 0.25) is 0 Å². The number of hydrogen-bond acceptors (Lipinski definition) is 5. The van der Waals surface area contributed by atoms with E-state index in [2.05, 4.69) is 72.6 Å². The number of nitrogens with one attached hydrogen (secondary N) is 1. The molecular weight excluding hydrogens is 386 g/mol. The molecule has 31 heavy (non-hydrogen) atoms. The predicted octanol–water partition coefficient (Wildman–Crippen LogP) is 3.76. The molecule has 2 heterocycles. The zero-order valence-electron chi connectivity index (χ0n) is 20.3. The van der Waals surface area contributed by atoms with Gasteiger partial charge >= 0.3 is 0 Å². The summed E-state index contributed by atoms with van der Waals surface area (Å²) >= 11 is 0. The Morgan fingerprint density at radius 3 is 2.32 bits per heavy atom. The maximum absolute atomic E-state index is 5.27. The highest BCUT2D eigenvalue weighted by molar-refractivity contribution is 5.49. The van der Waals surface area contributed by atoms with Crippen LogP contribution in [0.25, 0.3) is 0 Å². The van der Waals surface area contributed by atoms with Gasteiger partial charge in [-0.2, -0.15) is 5.10 Å². The molecule has 6 heteroatoms. The van der Waals surface area contributed by atoms with Crippen molar-refractivity contribution < 1.29 is 4.74 Å². The van der Waals surface area contributed by atoms with Crippen molar-refractivity contribution in [2.75, 3.05) is 51.3 Å². The molecule has 1 aliphatic rings. The largest absolute Gasteiger partial charge is 0.497 e. The van der Waals surface area contributed by atoms with Gasteiger partial charge in [-0.3, -0.25) is 9.58 Å². The maximum Gasteiger partial charge on any atom is 0.119 e. The summed E-state index contributed by atoms with van der Waals surface area (Å²) in [4.78, 5) is 5.01. The van der Waals surface area contributed by atoms with Gasteiger partial charge in [0.15, 0.2) is 0 Å². The first-order valence-corrected chi connectivity index (χ1v) is 11.7. The quantitative estimate of drug-likeness (QED) is 0.618. The number of aromatic nitrogens is 2. The van der Waals surface area contributed by atoms with E-state index in [1.165, 1.54) is 17.1 Å². The molecule has 0 atom stereocenters. The SMILES string of the molecule is COc1ccc(N2CCN(CCNCc3cc(CC(C)C)nn3C(C)(C)C)CC2)cc1. The second kappa shape index (κ2) is 10.5. The predicted molar refractivity (Wildman–Crippen MR) is 129 cm³/mol. The molecule has 1 aliphatic heterocycles. The molecule has 6 nitrogen and oxygen atoms in total. The number of ether oxygens (including phenoxy) is 1. The molecule has 0 saturated carbocycles. The second-order valence-electron chi connectivity index (χ2n) is 10.0. The topological polar surface area (TPSA) is 45.6 Å². The Morgan fingerprint density at radius 1 is 1.06 bits per heavy atom. The fraction of sp³-hybridized carbons (Fsp3) is 0.640. The van der Waals surface area contributed by atoms with E-state index >= 15 is 0 Å². The van der Waals surface area contributed by atoms with Gasteiger partial charge in [-0.25, -0.2) is 0 Å². The maximum atomic E-state index is 5.27. The van der Waals surface area contributed by atoms with E-state index in [1.54, 1.807) is 7.11 Å². The first-order chi connectivity index (χ1) is 14.8. The van der Waals surface area contributed by atoms with Crippen molar-refractivity contribution in [1.29, 1.82) is 0 Å². The third-order valence-electron chi connectivity index (χ3n) is 5.81. The summed E-state index contributed by atoms with van der Waals surface area (Å²) in [6.45, 7) is 18.5. The van der Waals surface area contributed by atoms with Crippen LogP contribution in [-0.4, -0.2) is 61.1 Å². The van der Waals surface area contributed by atoms with E-state index in [9.17, 15) is 0 Å². The van der Waals surface area contributed by atoms with Gasteiger partial charge in [-0.15, -0.1) is 0 Å². The molecule has 1 saturated heterocycles. The lowest BCUT2D eigenvalue weighted by molar-refractivity contribution is 0.256. The van der Waals surface area contributed by atoms with Crippen LogP contribution in [0.15, 0.2) is 30.3 Å². The smallest absolute Gasteiger partial charge is 0.119 e. The Bertz CT molecular complexity index is 798. The number of benzene rings is 1. The van der Waals surface area contributed by atoms with Gasteiger partial charge in [0.25, 0.3) is 0 Å².